The first-order chi connectivity index (χ1) is 10.6. The molecule has 2 aliphatic heterocycles. The lowest BCUT2D eigenvalue weighted by Gasteiger charge is -2.43. The quantitative estimate of drug-likeness (QED) is 0.839. The van der Waals surface area contributed by atoms with Crippen molar-refractivity contribution >= 4 is 17.5 Å². The molecule has 1 aromatic heterocycles. The molecule has 1 atom stereocenters. The van der Waals surface area contributed by atoms with Crippen LogP contribution < -0.4 is 0 Å². The van der Waals surface area contributed by atoms with E-state index >= 15 is 0 Å². The Morgan fingerprint density at radius 1 is 1.32 bits per heavy atom. The van der Waals surface area contributed by atoms with Gasteiger partial charge in [0, 0.05) is 31.6 Å². The lowest BCUT2D eigenvalue weighted by atomic mass is 9.99. The van der Waals surface area contributed by atoms with Crippen molar-refractivity contribution in [1.82, 2.24) is 19.8 Å². The molecule has 2 aliphatic rings. The summed E-state index contributed by atoms with van der Waals surface area (Å²) in [6.07, 6.45) is 5.27. The van der Waals surface area contributed by atoms with Crippen LogP contribution in [0.4, 0.5) is 0 Å². The number of hydrogen-bond donors (Lipinski definition) is 0. The third kappa shape index (κ3) is 3.10. The SMILES string of the molecule is CC(C)c1ncc(Cl)c(C(=O)N2CCN3CCCC[C@H]3C2)n1. The molecule has 0 spiro atoms. The van der Waals surface area contributed by atoms with E-state index in [0.29, 0.717) is 22.6 Å². The number of fused-ring (bicyclic) bond motifs is 1. The number of carbonyl (C=O) groups is 1. The highest BCUT2D eigenvalue weighted by Gasteiger charge is 2.32. The number of aromatic nitrogens is 2. The van der Waals surface area contributed by atoms with Crippen LogP contribution in [0.25, 0.3) is 0 Å². The number of piperidine rings is 1. The van der Waals surface area contributed by atoms with Gasteiger partial charge in [-0.05, 0) is 19.4 Å². The number of nitrogens with zero attached hydrogens (tertiary/aromatic N) is 4. The number of amides is 1. The molecule has 0 saturated carbocycles. The number of carbonyl (C=O) groups excluding carboxylic acids is 1. The van der Waals surface area contributed by atoms with Crippen LogP contribution in [-0.2, 0) is 0 Å². The summed E-state index contributed by atoms with van der Waals surface area (Å²) in [5, 5.41) is 0.348. The Balaban J connectivity index is 1.77. The van der Waals surface area contributed by atoms with Gasteiger partial charge in [0.25, 0.3) is 5.91 Å². The normalized spacial score (nSPS) is 22.7. The molecule has 0 radical (unpaired) electrons. The zero-order chi connectivity index (χ0) is 15.7. The summed E-state index contributed by atoms with van der Waals surface area (Å²) in [6, 6.07) is 0.497. The van der Waals surface area contributed by atoms with E-state index in [-0.39, 0.29) is 11.8 Å². The fourth-order valence-electron chi connectivity index (χ4n) is 3.30. The third-order valence-corrected chi connectivity index (χ3v) is 4.88. The van der Waals surface area contributed by atoms with Gasteiger partial charge >= 0.3 is 0 Å². The molecule has 22 heavy (non-hydrogen) atoms. The molecule has 120 valence electrons. The van der Waals surface area contributed by atoms with Crippen LogP contribution in [0.2, 0.25) is 5.02 Å². The molecule has 0 unspecified atom stereocenters. The van der Waals surface area contributed by atoms with Crippen molar-refractivity contribution in [3.63, 3.8) is 0 Å². The molecule has 6 heteroatoms. The summed E-state index contributed by atoms with van der Waals surface area (Å²) in [7, 11) is 0. The highest BCUT2D eigenvalue weighted by atomic mass is 35.5. The predicted octanol–water partition coefficient (Wildman–Crippen LogP) is 2.56. The minimum Gasteiger partial charge on any atom is -0.334 e. The highest BCUT2D eigenvalue weighted by molar-refractivity contribution is 6.33. The van der Waals surface area contributed by atoms with E-state index in [1.807, 2.05) is 18.7 Å². The van der Waals surface area contributed by atoms with Crippen molar-refractivity contribution in [1.29, 1.82) is 0 Å². The summed E-state index contributed by atoms with van der Waals surface area (Å²) in [4.78, 5) is 25.8. The third-order valence-electron chi connectivity index (χ3n) is 4.61. The Morgan fingerprint density at radius 3 is 2.91 bits per heavy atom. The van der Waals surface area contributed by atoms with Gasteiger partial charge in [0.15, 0.2) is 5.69 Å². The van der Waals surface area contributed by atoms with Gasteiger partial charge in [-0.25, -0.2) is 9.97 Å². The molecule has 1 aromatic rings. The van der Waals surface area contributed by atoms with Crippen LogP contribution in [0.15, 0.2) is 6.20 Å². The van der Waals surface area contributed by atoms with Crippen molar-refractivity contribution < 1.29 is 4.79 Å². The van der Waals surface area contributed by atoms with Gasteiger partial charge in [-0.3, -0.25) is 9.69 Å². The van der Waals surface area contributed by atoms with Gasteiger partial charge in [-0.2, -0.15) is 0 Å². The molecular weight excluding hydrogens is 300 g/mol. The Morgan fingerprint density at radius 2 is 2.14 bits per heavy atom. The molecule has 0 bridgehead atoms. The lowest BCUT2D eigenvalue weighted by Crippen LogP contribution is -2.56. The minimum absolute atomic E-state index is 0.0560. The highest BCUT2D eigenvalue weighted by Crippen LogP contribution is 2.24. The van der Waals surface area contributed by atoms with Crippen LogP contribution >= 0.6 is 11.6 Å². The van der Waals surface area contributed by atoms with Gasteiger partial charge in [0.2, 0.25) is 0 Å². The molecule has 0 N–H and O–H groups in total. The topological polar surface area (TPSA) is 49.3 Å². The Labute approximate surface area is 136 Å². The summed E-state index contributed by atoms with van der Waals surface area (Å²) in [5.74, 6) is 0.794. The van der Waals surface area contributed by atoms with E-state index in [1.165, 1.54) is 25.8 Å². The van der Waals surface area contributed by atoms with Crippen molar-refractivity contribution in [2.24, 2.45) is 0 Å². The smallest absolute Gasteiger partial charge is 0.274 e. The van der Waals surface area contributed by atoms with E-state index in [0.717, 1.165) is 19.6 Å². The average molecular weight is 323 g/mol. The second kappa shape index (κ2) is 6.50. The summed E-state index contributed by atoms with van der Waals surface area (Å²) in [6.45, 7) is 7.69. The van der Waals surface area contributed by atoms with Crippen LogP contribution in [0.3, 0.4) is 0 Å². The summed E-state index contributed by atoms with van der Waals surface area (Å²) in [5.41, 5.74) is 0.352. The fourth-order valence-corrected chi connectivity index (χ4v) is 3.47. The molecule has 2 fully saturated rings. The van der Waals surface area contributed by atoms with Gasteiger partial charge in [0.1, 0.15) is 5.82 Å². The average Bonchev–Trinajstić information content (AvgIpc) is 2.54. The standard InChI is InChI=1S/C16H23ClN4O/c1-11(2)15-18-9-13(17)14(19-15)16(22)21-8-7-20-6-4-3-5-12(20)10-21/h9,11-12H,3-8,10H2,1-2H3/t12-/m0/s1. The van der Waals surface area contributed by atoms with E-state index in [1.54, 1.807) is 6.20 Å². The zero-order valence-electron chi connectivity index (χ0n) is 13.3. The van der Waals surface area contributed by atoms with E-state index in [9.17, 15) is 4.79 Å². The largest absolute Gasteiger partial charge is 0.334 e. The van der Waals surface area contributed by atoms with Crippen molar-refractivity contribution in [3.05, 3.63) is 22.7 Å². The Kier molecular flexibility index (Phi) is 4.64. The first-order valence-corrected chi connectivity index (χ1v) is 8.50. The number of rotatable bonds is 2. The van der Waals surface area contributed by atoms with Gasteiger partial charge in [-0.1, -0.05) is 31.9 Å². The second-order valence-electron chi connectivity index (χ2n) is 6.52. The summed E-state index contributed by atoms with van der Waals surface area (Å²) >= 11 is 6.17. The van der Waals surface area contributed by atoms with Gasteiger partial charge < -0.3 is 4.90 Å². The molecule has 3 heterocycles. The Hall–Kier alpha value is -1.20. The zero-order valence-corrected chi connectivity index (χ0v) is 14.0. The maximum atomic E-state index is 12.8. The van der Waals surface area contributed by atoms with Crippen LogP contribution in [0.1, 0.15) is 55.3 Å². The summed E-state index contributed by atoms with van der Waals surface area (Å²) < 4.78 is 0. The maximum absolute atomic E-state index is 12.8. The predicted molar refractivity (Wildman–Crippen MR) is 86.2 cm³/mol. The molecule has 1 amide bonds. The number of hydrogen-bond acceptors (Lipinski definition) is 4. The minimum atomic E-state index is -0.0560. The first kappa shape index (κ1) is 15.7. The molecule has 3 rings (SSSR count). The van der Waals surface area contributed by atoms with E-state index < -0.39 is 0 Å². The van der Waals surface area contributed by atoms with Crippen molar-refractivity contribution in [3.8, 4) is 0 Å². The van der Waals surface area contributed by atoms with Crippen molar-refractivity contribution in [2.75, 3.05) is 26.2 Å². The molecule has 0 aliphatic carbocycles. The molecule has 5 nitrogen and oxygen atoms in total. The Bertz CT molecular complexity index is 563. The van der Waals surface area contributed by atoms with Crippen LogP contribution in [0.5, 0.6) is 0 Å². The maximum Gasteiger partial charge on any atom is 0.274 e. The van der Waals surface area contributed by atoms with Gasteiger partial charge in [0.05, 0.1) is 11.2 Å². The molecule has 2 saturated heterocycles. The van der Waals surface area contributed by atoms with Gasteiger partial charge in [-0.15, -0.1) is 0 Å². The number of halogens is 1. The molecule has 0 aromatic carbocycles. The van der Waals surface area contributed by atoms with E-state index in [2.05, 4.69) is 14.9 Å². The lowest BCUT2D eigenvalue weighted by molar-refractivity contribution is 0.0368. The monoisotopic (exact) mass is 322 g/mol. The first-order valence-electron chi connectivity index (χ1n) is 8.12. The fraction of sp³-hybridized carbons (Fsp3) is 0.688. The second-order valence-corrected chi connectivity index (χ2v) is 6.92. The number of piperazine rings is 1. The molecular formula is C16H23ClN4O. The van der Waals surface area contributed by atoms with Crippen molar-refractivity contribution in [2.45, 2.75) is 45.1 Å². The van der Waals surface area contributed by atoms with Crippen LogP contribution in [-0.4, -0.2) is 57.9 Å². The van der Waals surface area contributed by atoms with E-state index in [4.69, 9.17) is 11.6 Å². The van der Waals surface area contributed by atoms with Crippen LogP contribution in [0, 0.1) is 0 Å².